The van der Waals surface area contributed by atoms with Crippen LogP contribution in [0.25, 0.3) is 11.5 Å². The maximum Gasteiger partial charge on any atom is 0.180 e. The molecule has 4 heterocycles. The van der Waals surface area contributed by atoms with Crippen LogP contribution >= 0.6 is 11.8 Å². The molecule has 1 N–H and O–H groups in total. The molecule has 0 amide bonds. The number of hydrogen-bond donors (Lipinski definition) is 1. The van der Waals surface area contributed by atoms with E-state index >= 15 is 0 Å². The van der Waals surface area contributed by atoms with E-state index in [1.165, 1.54) is 22.6 Å². The molecule has 1 saturated heterocycles. The summed E-state index contributed by atoms with van der Waals surface area (Å²) in [5, 5.41) is 3.28. The summed E-state index contributed by atoms with van der Waals surface area (Å²) in [5.41, 5.74) is 4.24. The number of hydrogen-bond acceptors (Lipinski definition) is 8. The van der Waals surface area contributed by atoms with Gasteiger partial charge in [-0.25, -0.2) is 24.9 Å². The zero-order valence-electron chi connectivity index (χ0n) is 19.2. The average molecular weight is 470 g/mol. The second-order valence-electron chi connectivity index (χ2n) is 8.30. The smallest absolute Gasteiger partial charge is 0.180 e. The van der Waals surface area contributed by atoms with Gasteiger partial charge in [0.05, 0.1) is 0 Å². The van der Waals surface area contributed by atoms with Crippen LogP contribution in [0.2, 0.25) is 0 Å². The number of nitrogens with one attached hydrogen (secondary N) is 1. The second kappa shape index (κ2) is 10.7. The first-order valence-corrected chi connectivity index (χ1v) is 12.6. The van der Waals surface area contributed by atoms with Gasteiger partial charge in [-0.1, -0.05) is 30.3 Å². The molecular weight excluding hydrogens is 442 g/mol. The summed E-state index contributed by atoms with van der Waals surface area (Å²) in [5.74, 6) is 5.16. The number of rotatable bonds is 7. The highest BCUT2D eigenvalue weighted by Crippen LogP contribution is 2.18. The number of aryl methyl sites for hydroxylation is 1. The summed E-state index contributed by atoms with van der Waals surface area (Å²) in [6.45, 7) is 5.28. The van der Waals surface area contributed by atoms with Crippen molar-refractivity contribution < 1.29 is 0 Å². The number of aromatic nitrogens is 5. The van der Waals surface area contributed by atoms with Gasteiger partial charge in [0.25, 0.3) is 0 Å². The van der Waals surface area contributed by atoms with Crippen molar-refractivity contribution >= 4 is 23.4 Å². The van der Waals surface area contributed by atoms with Gasteiger partial charge >= 0.3 is 0 Å². The van der Waals surface area contributed by atoms with Gasteiger partial charge < -0.3 is 5.32 Å². The minimum Gasteiger partial charge on any atom is -0.325 e. The van der Waals surface area contributed by atoms with E-state index in [0.29, 0.717) is 23.9 Å². The van der Waals surface area contributed by atoms with E-state index in [1.54, 1.807) is 12.4 Å². The molecule has 0 spiro atoms. The largest absolute Gasteiger partial charge is 0.325 e. The van der Waals surface area contributed by atoms with Gasteiger partial charge in [0.1, 0.15) is 23.2 Å². The van der Waals surface area contributed by atoms with Crippen molar-refractivity contribution in [3.8, 4) is 11.5 Å². The molecule has 7 nitrogen and oxygen atoms in total. The Morgan fingerprint density at radius 3 is 2.47 bits per heavy atom. The van der Waals surface area contributed by atoms with E-state index in [4.69, 9.17) is 4.98 Å². The van der Waals surface area contributed by atoms with Crippen molar-refractivity contribution in [2.24, 2.45) is 0 Å². The summed E-state index contributed by atoms with van der Waals surface area (Å²) in [6.07, 6.45) is 4.19. The molecule has 1 aliphatic heterocycles. The lowest BCUT2D eigenvalue weighted by molar-refractivity contribution is 0.294. The van der Waals surface area contributed by atoms with Crippen molar-refractivity contribution in [2.45, 2.75) is 19.9 Å². The fourth-order valence-corrected chi connectivity index (χ4v) is 4.92. The number of anilines is 2. The molecule has 5 rings (SSSR count). The maximum absolute atomic E-state index is 4.71. The summed E-state index contributed by atoms with van der Waals surface area (Å²) >= 11 is 2.04. The lowest BCUT2D eigenvalue weighted by atomic mass is 10.1. The SMILES string of the molecule is Cc1cccc(-c2nccc(Nc3ccnc(Cc4cccc(CN5CCSCC5)c4)n3)n2)n1. The van der Waals surface area contributed by atoms with E-state index in [9.17, 15) is 0 Å². The Labute approximate surface area is 204 Å². The lowest BCUT2D eigenvalue weighted by Crippen LogP contribution is -2.31. The molecule has 0 bridgehead atoms. The monoisotopic (exact) mass is 469 g/mol. The average Bonchev–Trinajstić information content (AvgIpc) is 2.85. The van der Waals surface area contributed by atoms with Gasteiger partial charge in [-0.2, -0.15) is 11.8 Å². The fraction of sp³-hybridized carbons (Fsp3) is 0.269. The van der Waals surface area contributed by atoms with Crippen LogP contribution in [0.5, 0.6) is 0 Å². The highest BCUT2D eigenvalue weighted by Gasteiger charge is 2.11. The van der Waals surface area contributed by atoms with Gasteiger partial charge in [-0.15, -0.1) is 0 Å². The zero-order chi connectivity index (χ0) is 23.2. The standard InChI is InChI=1S/C26H27N7S/c1-19-4-2-7-22(29-19)26-28-11-9-24(32-26)30-23-8-10-27-25(31-23)17-20-5-3-6-21(16-20)18-33-12-14-34-15-13-33/h2-11,16H,12-15,17-18H2,1H3,(H,27,28,30,31,32). The van der Waals surface area contributed by atoms with Crippen LogP contribution in [-0.4, -0.2) is 54.4 Å². The predicted octanol–water partition coefficient (Wildman–Crippen LogP) is 4.52. The van der Waals surface area contributed by atoms with Gasteiger partial charge in [0, 0.05) is 55.6 Å². The van der Waals surface area contributed by atoms with Gasteiger partial charge in [0.2, 0.25) is 0 Å². The maximum atomic E-state index is 4.71. The van der Waals surface area contributed by atoms with Gasteiger partial charge in [-0.05, 0) is 42.3 Å². The quantitative estimate of drug-likeness (QED) is 0.423. The van der Waals surface area contributed by atoms with E-state index in [2.05, 4.69) is 54.4 Å². The van der Waals surface area contributed by atoms with Crippen LogP contribution in [0.1, 0.15) is 22.6 Å². The third-order valence-electron chi connectivity index (χ3n) is 5.60. The summed E-state index contributed by atoms with van der Waals surface area (Å²) < 4.78 is 0. The number of thioether (sulfide) groups is 1. The van der Waals surface area contributed by atoms with Crippen LogP contribution in [0, 0.1) is 6.92 Å². The Balaban J connectivity index is 1.27. The first kappa shape index (κ1) is 22.4. The third-order valence-corrected chi connectivity index (χ3v) is 6.54. The van der Waals surface area contributed by atoms with Crippen LogP contribution in [0.3, 0.4) is 0 Å². The van der Waals surface area contributed by atoms with Gasteiger partial charge in [0.15, 0.2) is 5.82 Å². The zero-order valence-corrected chi connectivity index (χ0v) is 20.0. The molecular formula is C26H27N7S. The Hall–Kier alpha value is -3.36. The van der Waals surface area contributed by atoms with Crippen molar-refractivity contribution in [2.75, 3.05) is 29.9 Å². The van der Waals surface area contributed by atoms with Crippen LogP contribution in [0.4, 0.5) is 11.6 Å². The van der Waals surface area contributed by atoms with Crippen molar-refractivity contribution in [1.82, 2.24) is 29.8 Å². The molecule has 0 atom stereocenters. The highest BCUT2D eigenvalue weighted by atomic mass is 32.2. The Kier molecular flexibility index (Phi) is 7.07. The topological polar surface area (TPSA) is 79.7 Å². The minimum absolute atomic E-state index is 0.576. The fourth-order valence-electron chi connectivity index (χ4n) is 3.94. The summed E-state index contributed by atoms with van der Waals surface area (Å²) in [4.78, 5) is 25.2. The van der Waals surface area contributed by atoms with Gasteiger partial charge in [-0.3, -0.25) is 4.90 Å². The molecule has 0 unspecified atom stereocenters. The molecule has 1 fully saturated rings. The number of pyridine rings is 1. The first-order valence-electron chi connectivity index (χ1n) is 11.5. The first-order chi connectivity index (χ1) is 16.7. The molecule has 1 aromatic carbocycles. The van der Waals surface area contributed by atoms with Crippen LogP contribution < -0.4 is 5.32 Å². The van der Waals surface area contributed by atoms with E-state index in [0.717, 1.165) is 36.8 Å². The third kappa shape index (κ3) is 5.95. The Morgan fingerprint density at radius 2 is 1.62 bits per heavy atom. The van der Waals surface area contributed by atoms with E-state index < -0.39 is 0 Å². The highest BCUT2D eigenvalue weighted by molar-refractivity contribution is 7.99. The van der Waals surface area contributed by atoms with E-state index in [-0.39, 0.29) is 0 Å². The molecule has 1 aliphatic rings. The predicted molar refractivity (Wildman–Crippen MR) is 137 cm³/mol. The Morgan fingerprint density at radius 1 is 0.853 bits per heavy atom. The molecule has 4 aromatic rings. The molecule has 34 heavy (non-hydrogen) atoms. The van der Waals surface area contributed by atoms with Crippen molar-refractivity contribution in [3.05, 3.63) is 89.6 Å². The van der Waals surface area contributed by atoms with Crippen LogP contribution in [0.15, 0.2) is 67.0 Å². The lowest BCUT2D eigenvalue weighted by Gasteiger charge is -2.26. The Bertz CT molecular complexity index is 1260. The molecule has 0 radical (unpaired) electrons. The number of nitrogens with zero attached hydrogens (tertiary/aromatic N) is 6. The molecule has 0 aliphatic carbocycles. The molecule has 0 saturated carbocycles. The summed E-state index contributed by atoms with van der Waals surface area (Å²) in [7, 11) is 0. The minimum atomic E-state index is 0.576. The van der Waals surface area contributed by atoms with E-state index in [1.807, 2.05) is 49.0 Å². The molecule has 172 valence electrons. The normalized spacial score (nSPS) is 14.1. The number of benzene rings is 1. The molecule has 8 heteroatoms. The van der Waals surface area contributed by atoms with Crippen molar-refractivity contribution in [1.29, 1.82) is 0 Å². The molecule has 3 aromatic heterocycles. The second-order valence-corrected chi connectivity index (χ2v) is 9.52. The summed E-state index contributed by atoms with van der Waals surface area (Å²) in [6, 6.07) is 18.3. The van der Waals surface area contributed by atoms with Crippen molar-refractivity contribution in [3.63, 3.8) is 0 Å². The van der Waals surface area contributed by atoms with Crippen LogP contribution in [-0.2, 0) is 13.0 Å².